The average Bonchev–Trinajstić information content (AvgIpc) is 3.30. The Hall–Kier alpha value is -1.95. The molecule has 26 heavy (non-hydrogen) atoms. The molecule has 1 aromatic heterocycles. The SMILES string of the molecule is O=C(Cc1ccccc1)N(CC1CCCO1)c1nc2c(Cl)cccc2s1. The fourth-order valence-electron chi connectivity index (χ4n) is 3.16. The second-order valence-corrected chi connectivity index (χ2v) is 7.80. The lowest BCUT2D eigenvalue weighted by molar-refractivity contribution is -0.118. The van der Waals surface area contributed by atoms with Gasteiger partial charge in [0.05, 0.1) is 28.8 Å². The second-order valence-electron chi connectivity index (χ2n) is 6.38. The number of carbonyl (C=O) groups is 1. The topological polar surface area (TPSA) is 42.4 Å². The fourth-order valence-corrected chi connectivity index (χ4v) is 4.46. The van der Waals surface area contributed by atoms with Gasteiger partial charge in [0.1, 0.15) is 5.52 Å². The highest BCUT2D eigenvalue weighted by Gasteiger charge is 2.26. The van der Waals surface area contributed by atoms with Crippen molar-refractivity contribution in [3.63, 3.8) is 0 Å². The summed E-state index contributed by atoms with van der Waals surface area (Å²) in [6.45, 7) is 1.29. The number of anilines is 1. The van der Waals surface area contributed by atoms with Crippen LogP contribution in [0.3, 0.4) is 0 Å². The third-order valence-electron chi connectivity index (χ3n) is 4.50. The highest BCUT2D eigenvalue weighted by atomic mass is 35.5. The first-order chi connectivity index (χ1) is 12.7. The van der Waals surface area contributed by atoms with E-state index in [1.54, 1.807) is 4.90 Å². The number of para-hydroxylation sites is 1. The smallest absolute Gasteiger partial charge is 0.233 e. The molecular weight excluding hydrogens is 368 g/mol. The Bertz CT molecular complexity index is 907. The number of thiazole rings is 1. The number of hydrogen-bond donors (Lipinski definition) is 0. The first-order valence-corrected chi connectivity index (χ1v) is 9.91. The van der Waals surface area contributed by atoms with Crippen LogP contribution in [0.1, 0.15) is 18.4 Å². The van der Waals surface area contributed by atoms with E-state index in [0.717, 1.165) is 35.2 Å². The van der Waals surface area contributed by atoms with Gasteiger partial charge < -0.3 is 4.74 Å². The molecule has 1 aliphatic heterocycles. The first-order valence-electron chi connectivity index (χ1n) is 8.71. The lowest BCUT2D eigenvalue weighted by Crippen LogP contribution is -2.38. The summed E-state index contributed by atoms with van der Waals surface area (Å²) in [5.74, 6) is 0.0295. The van der Waals surface area contributed by atoms with E-state index < -0.39 is 0 Å². The minimum Gasteiger partial charge on any atom is -0.376 e. The molecule has 3 aromatic rings. The summed E-state index contributed by atoms with van der Waals surface area (Å²) >= 11 is 7.77. The van der Waals surface area contributed by atoms with Gasteiger partial charge in [-0.1, -0.05) is 59.3 Å². The molecule has 1 fully saturated rings. The molecule has 1 atom stereocenters. The van der Waals surface area contributed by atoms with Gasteiger partial charge in [-0.3, -0.25) is 9.69 Å². The molecular formula is C20H19ClN2O2S. The van der Waals surface area contributed by atoms with Gasteiger partial charge in [-0.15, -0.1) is 0 Å². The van der Waals surface area contributed by atoms with Crippen LogP contribution in [-0.4, -0.2) is 30.1 Å². The molecule has 4 rings (SSSR count). The maximum Gasteiger partial charge on any atom is 0.233 e. The molecule has 2 heterocycles. The van der Waals surface area contributed by atoms with E-state index in [-0.39, 0.29) is 12.0 Å². The molecule has 2 aromatic carbocycles. The van der Waals surface area contributed by atoms with E-state index in [1.807, 2.05) is 48.5 Å². The zero-order valence-electron chi connectivity index (χ0n) is 14.2. The summed E-state index contributed by atoms with van der Waals surface area (Å²) in [6.07, 6.45) is 2.42. The van der Waals surface area contributed by atoms with Crippen molar-refractivity contribution < 1.29 is 9.53 Å². The molecule has 1 saturated heterocycles. The van der Waals surface area contributed by atoms with Crippen molar-refractivity contribution in [2.24, 2.45) is 0 Å². The maximum atomic E-state index is 13.1. The Balaban J connectivity index is 1.64. The maximum absolute atomic E-state index is 13.1. The van der Waals surface area contributed by atoms with E-state index >= 15 is 0 Å². The number of hydrogen-bond acceptors (Lipinski definition) is 4. The van der Waals surface area contributed by atoms with E-state index in [4.69, 9.17) is 16.3 Å². The lowest BCUT2D eigenvalue weighted by Gasteiger charge is -2.23. The Kier molecular flexibility index (Phi) is 5.20. The molecule has 1 unspecified atom stereocenters. The minimum atomic E-state index is 0.0295. The zero-order chi connectivity index (χ0) is 17.9. The van der Waals surface area contributed by atoms with Crippen LogP contribution >= 0.6 is 22.9 Å². The number of ether oxygens (including phenoxy) is 1. The molecule has 0 radical (unpaired) electrons. The summed E-state index contributed by atoms with van der Waals surface area (Å²) in [7, 11) is 0. The van der Waals surface area contributed by atoms with Crippen molar-refractivity contribution in [3.8, 4) is 0 Å². The molecule has 134 valence electrons. The third-order valence-corrected chi connectivity index (χ3v) is 5.85. The normalized spacial score (nSPS) is 16.9. The molecule has 6 heteroatoms. The highest BCUT2D eigenvalue weighted by molar-refractivity contribution is 7.22. The quantitative estimate of drug-likeness (QED) is 0.638. The number of nitrogens with zero attached hydrogens (tertiary/aromatic N) is 2. The van der Waals surface area contributed by atoms with Crippen molar-refractivity contribution in [3.05, 3.63) is 59.1 Å². The van der Waals surface area contributed by atoms with Crippen LogP contribution in [0.25, 0.3) is 10.2 Å². The van der Waals surface area contributed by atoms with Gasteiger partial charge >= 0.3 is 0 Å². The predicted octanol–water partition coefficient (Wildman–Crippen LogP) is 4.70. The van der Waals surface area contributed by atoms with Crippen LogP contribution in [0, 0.1) is 0 Å². The monoisotopic (exact) mass is 386 g/mol. The second kappa shape index (κ2) is 7.74. The van der Waals surface area contributed by atoms with Crippen molar-refractivity contribution in [1.29, 1.82) is 0 Å². The van der Waals surface area contributed by atoms with E-state index in [1.165, 1.54) is 11.3 Å². The Labute approximate surface area is 161 Å². The van der Waals surface area contributed by atoms with Crippen molar-refractivity contribution in [2.75, 3.05) is 18.1 Å². The number of aromatic nitrogens is 1. The lowest BCUT2D eigenvalue weighted by atomic mass is 10.1. The van der Waals surface area contributed by atoms with Crippen molar-refractivity contribution in [1.82, 2.24) is 4.98 Å². The van der Waals surface area contributed by atoms with Crippen LogP contribution in [0.5, 0.6) is 0 Å². The number of benzene rings is 2. The average molecular weight is 387 g/mol. The molecule has 0 bridgehead atoms. The Morgan fingerprint density at radius 2 is 2.08 bits per heavy atom. The molecule has 0 spiro atoms. The van der Waals surface area contributed by atoms with Gasteiger partial charge in [0.25, 0.3) is 0 Å². The van der Waals surface area contributed by atoms with Crippen LogP contribution < -0.4 is 4.90 Å². The van der Waals surface area contributed by atoms with Crippen LogP contribution in [0.15, 0.2) is 48.5 Å². The Morgan fingerprint density at radius 1 is 1.23 bits per heavy atom. The zero-order valence-corrected chi connectivity index (χ0v) is 15.8. The molecule has 4 nitrogen and oxygen atoms in total. The number of carbonyl (C=O) groups excluding carboxylic acids is 1. The molecule has 0 aliphatic carbocycles. The number of halogens is 1. The van der Waals surface area contributed by atoms with Gasteiger partial charge in [0.2, 0.25) is 5.91 Å². The molecule has 1 aliphatic rings. The van der Waals surface area contributed by atoms with Gasteiger partial charge in [0, 0.05) is 6.61 Å². The van der Waals surface area contributed by atoms with E-state index in [0.29, 0.717) is 23.1 Å². The molecule has 1 amide bonds. The Morgan fingerprint density at radius 3 is 2.81 bits per heavy atom. The van der Waals surface area contributed by atoms with Crippen molar-refractivity contribution in [2.45, 2.75) is 25.4 Å². The molecule has 0 saturated carbocycles. The van der Waals surface area contributed by atoms with Crippen LogP contribution in [0.4, 0.5) is 5.13 Å². The summed E-state index contributed by atoms with van der Waals surface area (Å²) in [4.78, 5) is 19.5. The van der Waals surface area contributed by atoms with E-state index in [2.05, 4.69) is 4.98 Å². The van der Waals surface area contributed by atoms with E-state index in [9.17, 15) is 4.79 Å². The number of rotatable bonds is 5. The minimum absolute atomic E-state index is 0.0295. The van der Waals surface area contributed by atoms with Gasteiger partial charge in [-0.2, -0.15) is 0 Å². The predicted molar refractivity (Wildman–Crippen MR) is 106 cm³/mol. The van der Waals surface area contributed by atoms with Crippen LogP contribution in [0.2, 0.25) is 5.02 Å². The van der Waals surface area contributed by atoms with Gasteiger partial charge in [-0.05, 0) is 30.5 Å². The largest absolute Gasteiger partial charge is 0.376 e. The summed E-state index contributed by atoms with van der Waals surface area (Å²) in [5.41, 5.74) is 1.74. The summed E-state index contributed by atoms with van der Waals surface area (Å²) in [5, 5.41) is 1.29. The van der Waals surface area contributed by atoms with Gasteiger partial charge in [0.15, 0.2) is 5.13 Å². The standard InChI is InChI=1S/C20H19ClN2O2S/c21-16-9-4-10-17-19(16)22-20(26-17)23(13-15-8-5-11-25-15)18(24)12-14-6-2-1-3-7-14/h1-4,6-7,9-10,15H,5,8,11-13H2. The number of amides is 1. The summed E-state index contributed by atoms with van der Waals surface area (Å²) < 4.78 is 6.74. The fraction of sp³-hybridized carbons (Fsp3) is 0.300. The van der Waals surface area contributed by atoms with Gasteiger partial charge in [-0.25, -0.2) is 4.98 Å². The molecule has 0 N–H and O–H groups in total. The third kappa shape index (κ3) is 3.75. The highest BCUT2D eigenvalue weighted by Crippen LogP contribution is 2.33. The summed E-state index contributed by atoms with van der Waals surface area (Å²) in [6, 6.07) is 15.5. The van der Waals surface area contributed by atoms with Crippen LogP contribution in [-0.2, 0) is 16.0 Å². The first kappa shape index (κ1) is 17.5. The number of fused-ring (bicyclic) bond motifs is 1. The van der Waals surface area contributed by atoms with Crippen molar-refractivity contribution >= 4 is 44.2 Å².